The average molecular weight is 319 g/mol. The summed E-state index contributed by atoms with van der Waals surface area (Å²) in [5.41, 5.74) is 0.129. The fourth-order valence-electron chi connectivity index (χ4n) is 1.16. The molecular formula is C11H13NO6S2. The van der Waals surface area contributed by atoms with Crippen LogP contribution >= 0.6 is 21.6 Å². The molecule has 0 amide bonds. The molecule has 0 heterocycles. The van der Waals surface area contributed by atoms with Crippen LogP contribution in [-0.4, -0.2) is 40.9 Å². The lowest BCUT2D eigenvalue weighted by Gasteiger charge is -2.05. The van der Waals surface area contributed by atoms with E-state index < -0.39 is 11.1 Å². The molecule has 0 saturated heterocycles. The molecule has 0 bridgehead atoms. The third-order valence-corrected chi connectivity index (χ3v) is 4.30. The van der Waals surface area contributed by atoms with Gasteiger partial charge in [-0.1, -0.05) is 33.7 Å². The van der Waals surface area contributed by atoms with E-state index in [1.807, 2.05) is 0 Å². The highest BCUT2D eigenvalue weighted by Gasteiger charge is 2.11. The topological polar surface area (TPSA) is 98.9 Å². The van der Waals surface area contributed by atoms with Gasteiger partial charge in [0.15, 0.2) is 0 Å². The number of carbonyl (C=O) groups excluding carboxylic acids is 1. The summed E-state index contributed by atoms with van der Waals surface area (Å²) < 4.78 is 4.98. The van der Waals surface area contributed by atoms with E-state index in [-0.39, 0.29) is 24.5 Å². The van der Waals surface area contributed by atoms with Crippen molar-refractivity contribution in [1.29, 1.82) is 0 Å². The molecule has 0 spiro atoms. The fraction of sp³-hybridized carbons (Fsp3) is 0.364. The summed E-state index contributed by atoms with van der Waals surface area (Å²) in [6.45, 7) is 0.225. The molecule has 1 rings (SSSR count). The van der Waals surface area contributed by atoms with E-state index in [1.54, 1.807) is 12.1 Å². The van der Waals surface area contributed by atoms with Crippen LogP contribution in [0, 0.1) is 10.1 Å². The minimum atomic E-state index is -0.834. The summed E-state index contributed by atoms with van der Waals surface area (Å²) >= 11 is 0. The first kappa shape index (κ1) is 16.4. The maximum absolute atomic E-state index is 11.6. The summed E-state index contributed by atoms with van der Waals surface area (Å²) in [4.78, 5) is 25.6. The van der Waals surface area contributed by atoms with Gasteiger partial charge in [-0.05, 0) is 12.1 Å². The van der Waals surface area contributed by atoms with Gasteiger partial charge in [0.25, 0.3) is 5.09 Å². The minimum absolute atomic E-state index is 0.0301. The zero-order chi connectivity index (χ0) is 14.8. The highest BCUT2D eigenvalue weighted by molar-refractivity contribution is 8.76. The number of nitrogens with zero attached hydrogens (tertiary/aromatic N) is 1. The van der Waals surface area contributed by atoms with Gasteiger partial charge in [-0.3, -0.25) is 0 Å². The molecule has 9 heteroatoms. The first-order chi connectivity index (χ1) is 9.61. The van der Waals surface area contributed by atoms with Crippen molar-refractivity contribution >= 4 is 27.6 Å². The van der Waals surface area contributed by atoms with E-state index in [2.05, 4.69) is 4.84 Å². The van der Waals surface area contributed by atoms with E-state index in [4.69, 9.17) is 4.74 Å². The van der Waals surface area contributed by atoms with Crippen molar-refractivity contribution in [3.63, 3.8) is 0 Å². The molecule has 0 fully saturated rings. The zero-order valence-electron chi connectivity index (χ0n) is 10.4. The van der Waals surface area contributed by atoms with Crippen molar-refractivity contribution in [2.75, 3.05) is 24.7 Å². The second-order valence-corrected chi connectivity index (χ2v) is 6.06. The quantitative estimate of drug-likeness (QED) is 0.243. The second kappa shape index (κ2) is 9.32. The van der Waals surface area contributed by atoms with Gasteiger partial charge in [0, 0.05) is 11.5 Å². The number of ether oxygens (including phenoxy) is 1. The number of benzene rings is 1. The Morgan fingerprint density at radius 3 is 2.55 bits per heavy atom. The van der Waals surface area contributed by atoms with Crippen LogP contribution in [0.1, 0.15) is 10.4 Å². The summed E-state index contributed by atoms with van der Waals surface area (Å²) in [5.74, 6) is 0.323. The van der Waals surface area contributed by atoms with Crippen LogP contribution in [0.3, 0.4) is 0 Å². The van der Waals surface area contributed by atoms with Crippen LogP contribution in [0.5, 0.6) is 5.75 Å². The summed E-state index contributed by atoms with van der Waals surface area (Å²) in [6, 6.07) is 6.15. The number of para-hydroxylation sites is 1. The number of phenols is 1. The molecule has 20 heavy (non-hydrogen) atoms. The molecule has 0 radical (unpaired) electrons. The van der Waals surface area contributed by atoms with Gasteiger partial charge in [-0.2, -0.15) is 0 Å². The first-order valence-corrected chi connectivity index (χ1v) is 8.07. The SMILES string of the molecule is O=C(OCCSSCCO[N+](=O)[O-])c1ccccc1O. The smallest absolute Gasteiger partial charge is 0.341 e. The van der Waals surface area contributed by atoms with Crippen LogP contribution in [0.15, 0.2) is 24.3 Å². The van der Waals surface area contributed by atoms with Gasteiger partial charge in [-0.25, -0.2) is 4.79 Å². The maximum Gasteiger partial charge on any atom is 0.341 e. The Labute approximate surface area is 123 Å². The molecule has 0 aliphatic heterocycles. The van der Waals surface area contributed by atoms with Crippen molar-refractivity contribution < 1.29 is 24.6 Å². The highest BCUT2D eigenvalue weighted by atomic mass is 33.1. The predicted octanol–water partition coefficient (Wildman–Crippen LogP) is 2.14. The number of rotatable bonds is 9. The van der Waals surface area contributed by atoms with Gasteiger partial charge < -0.3 is 14.7 Å². The Kier molecular flexibility index (Phi) is 7.66. The highest BCUT2D eigenvalue weighted by Crippen LogP contribution is 2.21. The van der Waals surface area contributed by atoms with Gasteiger partial charge >= 0.3 is 5.97 Å². The summed E-state index contributed by atoms with van der Waals surface area (Å²) in [7, 11) is 2.81. The number of hydrogen-bond donors (Lipinski definition) is 1. The average Bonchev–Trinajstić information content (AvgIpc) is 2.41. The van der Waals surface area contributed by atoms with Crippen molar-refractivity contribution in [2.45, 2.75) is 0 Å². The Balaban J connectivity index is 2.08. The third kappa shape index (κ3) is 6.53. The molecule has 1 aromatic rings. The fourth-order valence-corrected chi connectivity index (χ4v) is 2.80. The summed E-state index contributed by atoms with van der Waals surface area (Å²) in [5, 5.41) is 18.5. The number of phenolic OH excluding ortho intramolecular Hbond substituents is 1. The Morgan fingerprint density at radius 1 is 1.25 bits per heavy atom. The van der Waals surface area contributed by atoms with Gasteiger partial charge in [0.05, 0.1) is 0 Å². The largest absolute Gasteiger partial charge is 0.507 e. The van der Waals surface area contributed by atoms with Crippen molar-refractivity contribution in [3.05, 3.63) is 39.9 Å². The zero-order valence-corrected chi connectivity index (χ0v) is 12.0. The van der Waals surface area contributed by atoms with Crippen LogP contribution in [-0.2, 0) is 9.57 Å². The van der Waals surface area contributed by atoms with Gasteiger partial charge in [0.2, 0.25) is 0 Å². The Bertz CT molecular complexity index is 456. The van der Waals surface area contributed by atoms with E-state index in [1.165, 1.54) is 33.7 Å². The third-order valence-electron chi connectivity index (χ3n) is 1.97. The lowest BCUT2D eigenvalue weighted by atomic mass is 10.2. The van der Waals surface area contributed by atoms with E-state index in [0.29, 0.717) is 11.5 Å². The number of hydrogen-bond acceptors (Lipinski definition) is 8. The molecule has 0 unspecified atom stereocenters. The molecule has 0 aliphatic carbocycles. The molecule has 1 N–H and O–H groups in total. The Hall–Kier alpha value is -1.61. The molecule has 0 aromatic heterocycles. The van der Waals surface area contributed by atoms with Gasteiger partial charge in [-0.15, -0.1) is 10.1 Å². The molecule has 0 saturated carbocycles. The minimum Gasteiger partial charge on any atom is -0.507 e. The maximum atomic E-state index is 11.6. The van der Waals surface area contributed by atoms with Crippen LogP contribution in [0.2, 0.25) is 0 Å². The number of esters is 1. The second-order valence-electron chi connectivity index (χ2n) is 3.35. The van der Waals surface area contributed by atoms with E-state index in [0.717, 1.165) is 0 Å². The monoisotopic (exact) mass is 319 g/mol. The van der Waals surface area contributed by atoms with Crippen molar-refractivity contribution in [3.8, 4) is 5.75 Å². The molecule has 0 aliphatic rings. The molecule has 1 aromatic carbocycles. The Morgan fingerprint density at radius 2 is 1.90 bits per heavy atom. The number of aromatic hydroxyl groups is 1. The molecular weight excluding hydrogens is 306 g/mol. The van der Waals surface area contributed by atoms with Gasteiger partial charge in [0.1, 0.15) is 24.5 Å². The molecule has 110 valence electrons. The van der Waals surface area contributed by atoms with Crippen molar-refractivity contribution in [1.82, 2.24) is 0 Å². The standard InChI is InChI=1S/C11H13NO6S2/c13-10-4-2-1-3-9(10)11(14)17-5-7-19-20-8-6-18-12(15)16/h1-4,13H,5-8H2. The van der Waals surface area contributed by atoms with E-state index in [9.17, 15) is 20.0 Å². The first-order valence-electron chi connectivity index (χ1n) is 5.58. The lowest BCUT2D eigenvalue weighted by molar-refractivity contribution is -0.756. The number of carbonyl (C=O) groups is 1. The van der Waals surface area contributed by atoms with Crippen molar-refractivity contribution in [2.24, 2.45) is 0 Å². The lowest BCUT2D eigenvalue weighted by Crippen LogP contribution is -2.08. The predicted molar refractivity (Wildman–Crippen MR) is 76.3 cm³/mol. The van der Waals surface area contributed by atoms with E-state index >= 15 is 0 Å². The normalized spacial score (nSPS) is 10.0. The van der Waals surface area contributed by atoms with Crippen LogP contribution in [0.25, 0.3) is 0 Å². The summed E-state index contributed by atoms with van der Waals surface area (Å²) in [6.07, 6.45) is 0. The molecule has 7 nitrogen and oxygen atoms in total. The van der Waals surface area contributed by atoms with Crippen LogP contribution in [0.4, 0.5) is 0 Å². The molecule has 0 atom stereocenters. The van der Waals surface area contributed by atoms with Crippen LogP contribution < -0.4 is 0 Å².